The summed E-state index contributed by atoms with van der Waals surface area (Å²) in [5.74, 6) is 0. The van der Waals surface area contributed by atoms with Gasteiger partial charge in [-0.3, -0.25) is 0 Å². The molecule has 0 heterocycles. The topological polar surface area (TPSA) is 18.5 Å². The van der Waals surface area contributed by atoms with Crippen LogP contribution in [0.15, 0.2) is 23.3 Å². The number of hydrogen-bond donors (Lipinski definition) is 0. The summed E-state index contributed by atoms with van der Waals surface area (Å²) in [6.07, 6.45) is 4.59. The quantitative estimate of drug-likeness (QED) is 0.730. The van der Waals surface area contributed by atoms with Gasteiger partial charge in [0.1, 0.15) is 0 Å². The molecule has 0 aliphatic heterocycles. The molecule has 1 aliphatic rings. The van der Waals surface area contributed by atoms with Gasteiger partial charge in [-0.1, -0.05) is 38.5 Å². The third-order valence-corrected chi connectivity index (χ3v) is 3.26. The minimum absolute atomic E-state index is 0.0634. The smallest absolute Gasteiger partial charge is 0.0613 e. The molecule has 2 heteroatoms. The van der Waals surface area contributed by atoms with Crippen LogP contribution < -0.4 is 0 Å². The molecule has 2 nitrogen and oxygen atoms in total. The van der Waals surface area contributed by atoms with Crippen LogP contribution in [0.1, 0.15) is 27.7 Å². The second kappa shape index (κ2) is 4.72. The fourth-order valence-electron chi connectivity index (χ4n) is 2.13. The second-order valence-electron chi connectivity index (χ2n) is 5.70. The average molecular weight is 224 g/mol. The van der Waals surface area contributed by atoms with Crippen LogP contribution in [0.4, 0.5) is 0 Å². The standard InChI is InChI=1S/C14H24O2/c1-11-7-12(13(2,3)4)8-14(11,9-15-5)10-16-6/h7-8H,9-10H2,1-6H3. The Hall–Kier alpha value is -0.600. The Bertz CT molecular complexity index is 299. The molecule has 0 bridgehead atoms. The average Bonchev–Trinajstić information content (AvgIpc) is 2.45. The van der Waals surface area contributed by atoms with E-state index in [1.165, 1.54) is 11.1 Å². The maximum Gasteiger partial charge on any atom is 0.0613 e. The number of allylic oxidation sites excluding steroid dienone is 2. The highest BCUT2D eigenvalue weighted by atomic mass is 16.5. The SMILES string of the molecule is COCC1(COC)C=C(C(C)(C)C)C=C1C. The molecule has 16 heavy (non-hydrogen) atoms. The maximum atomic E-state index is 5.35. The zero-order valence-corrected chi connectivity index (χ0v) is 11.4. The van der Waals surface area contributed by atoms with Crippen LogP contribution in [-0.4, -0.2) is 27.4 Å². The fourth-order valence-corrected chi connectivity index (χ4v) is 2.13. The molecule has 0 saturated heterocycles. The fraction of sp³-hybridized carbons (Fsp3) is 0.714. The Balaban J connectivity index is 3.04. The van der Waals surface area contributed by atoms with E-state index in [2.05, 4.69) is 39.8 Å². The highest BCUT2D eigenvalue weighted by molar-refractivity contribution is 5.42. The van der Waals surface area contributed by atoms with Crippen molar-refractivity contribution in [1.29, 1.82) is 0 Å². The first-order valence-electron chi connectivity index (χ1n) is 5.76. The maximum absolute atomic E-state index is 5.35. The van der Waals surface area contributed by atoms with Crippen molar-refractivity contribution in [2.45, 2.75) is 27.7 Å². The van der Waals surface area contributed by atoms with Crippen molar-refractivity contribution in [3.8, 4) is 0 Å². The summed E-state index contributed by atoms with van der Waals surface area (Å²) in [4.78, 5) is 0. The molecule has 0 atom stereocenters. The van der Waals surface area contributed by atoms with E-state index in [1.54, 1.807) is 14.2 Å². The zero-order chi connectivity index (χ0) is 12.4. The van der Waals surface area contributed by atoms with Crippen LogP contribution in [0.3, 0.4) is 0 Å². The summed E-state index contributed by atoms with van der Waals surface area (Å²) >= 11 is 0. The Morgan fingerprint density at radius 3 is 1.94 bits per heavy atom. The predicted molar refractivity (Wildman–Crippen MR) is 67.5 cm³/mol. The van der Waals surface area contributed by atoms with Crippen molar-refractivity contribution < 1.29 is 9.47 Å². The number of ether oxygens (including phenoxy) is 2. The van der Waals surface area contributed by atoms with Crippen molar-refractivity contribution in [3.05, 3.63) is 23.3 Å². The Kier molecular flexibility index (Phi) is 3.97. The molecular weight excluding hydrogens is 200 g/mol. The monoisotopic (exact) mass is 224 g/mol. The number of rotatable bonds is 4. The molecule has 0 radical (unpaired) electrons. The Labute approximate surface area is 99.3 Å². The van der Waals surface area contributed by atoms with E-state index in [0.717, 1.165) is 0 Å². The summed E-state index contributed by atoms with van der Waals surface area (Å²) in [5, 5.41) is 0. The van der Waals surface area contributed by atoms with Gasteiger partial charge in [0, 0.05) is 14.2 Å². The third kappa shape index (κ3) is 2.55. The first-order chi connectivity index (χ1) is 7.35. The van der Waals surface area contributed by atoms with E-state index in [9.17, 15) is 0 Å². The summed E-state index contributed by atoms with van der Waals surface area (Å²) in [5.41, 5.74) is 2.83. The summed E-state index contributed by atoms with van der Waals surface area (Å²) in [6.45, 7) is 10.2. The molecule has 0 aromatic heterocycles. The molecule has 0 N–H and O–H groups in total. The lowest BCUT2D eigenvalue weighted by molar-refractivity contribution is 0.0624. The predicted octanol–water partition coefficient (Wildman–Crippen LogP) is 3.20. The molecule has 0 unspecified atom stereocenters. The molecule has 0 aromatic rings. The molecule has 0 spiro atoms. The molecule has 0 fully saturated rings. The highest BCUT2D eigenvalue weighted by Crippen LogP contribution is 2.42. The largest absolute Gasteiger partial charge is 0.383 e. The van der Waals surface area contributed by atoms with Crippen LogP contribution in [0.2, 0.25) is 0 Å². The minimum Gasteiger partial charge on any atom is -0.383 e. The van der Waals surface area contributed by atoms with Gasteiger partial charge in [-0.2, -0.15) is 0 Å². The lowest BCUT2D eigenvalue weighted by Crippen LogP contribution is -2.29. The van der Waals surface area contributed by atoms with Gasteiger partial charge in [0.15, 0.2) is 0 Å². The van der Waals surface area contributed by atoms with Gasteiger partial charge < -0.3 is 9.47 Å². The number of hydrogen-bond acceptors (Lipinski definition) is 2. The molecule has 1 aliphatic carbocycles. The van der Waals surface area contributed by atoms with E-state index in [4.69, 9.17) is 9.47 Å². The lowest BCUT2D eigenvalue weighted by atomic mass is 9.83. The van der Waals surface area contributed by atoms with Crippen LogP contribution in [0, 0.1) is 10.8 Å². The van der Waals surface area contributed by atoms with Gasteiger partial charge in [0.25, 0.3) is 0 Å². The first-order valence-corrected chi connectivity index (χ1v) is 5.76. The minimum atomic E-state index is -0.0634. The van der Waals surface area contributed by atoms with Gasteiger partial charge in [-0.25, -0.2) is 0 Å². The van der Waals surface area contributed by atoms with Crippen LogP contribution in [0.5, 0.6) is 0 Å². The molecule has 0 aromatic carbocycles. The zero-order valence-electron chi connectivity index (χ0n) is 11.4. The van der Waals surface area contributed by atoms with Gasteiger partial charge in [0.05, 0.1) is 18.6 Å². The Morgan fingerprint density at radius 2 is 1.62 bits per heavy atom. The summed E-state index contributed by atoms with van der Waals surface area (Å²) in [7, 11) is 3.49. The van der Waals surface area contributed by atoms with E-state index < -0.39 is 0 Å². The van der Waals surface area contributed by atoms with Crippen molar-refractivity contribution in [2.75, 3.05) is 27.4 Å². The normalized spacial score (nSPS) is 19.6. The molecule has 1 rings (SSSR count). The number of methoxy groups -OCH3 is 2. The van der Waals surface area contributed by atoms with Crippen molar-refractivity contribution in [1.82, 2.24) is 0 Å². The second-order valence-corrected chi connectivity index (χ2v) is 5.70. The van der Waals surface area contributed by atoms with Crippen LogP contribution in [-0.2, 0) is 9.47 Å². The van der Waals surface area contributed by atoms with Crippen molar-refractivity contribution in [3.63, 3.8) is 0 Å². The van der Waals surface area contributed by atoms with Gasteiger partial charge in [-0.15, -0.1) is 0 Å². The molecule has 92 valence electrons. The van der Waals surface area contributed by atoms with E-state index >= 15 is 0 Å². The summed E-state index contributed by atoms with van der Waals surface area (Å²) < 4.78 is 10.7. The Morgan fingerprint density at radius 1 is 1.12 bits per heavy atom. The van der Waals surface area contributed by atoms with Gasteiger partial charge in [-0.05, 0) is 17.9 Å². The van der Waals surface area contributed by atoms with Crippen molar-refractivity contribution in [2.24, 2.45) is 10.8 Å². The van der Waals surface area contributed by atoms with Gasteiger partial charge in [0.2, 0.25) is 0 Å². The summed E-state index contributed by atoms with van der Waals surface area (Å²) in [6, 6.07) is 0. The van der Waals surface area contributed by atoms with Gasteiger partial charge >= 0.3 is 0 Å². The van der Waals surface area contributed by atoms with Crippen LogP contribution >= 0.6 is 0 Å². The van der Waals surface area contributed by atoms with E-state index in [1.807, 2.05) is 0 Å². The molecule has 0 saturated carbocycles. The lowest BCUT2D eigenvalue weighted by Gasteiger charge is -2.28. The third-order valence-electron chi connectivity index (χ3n) is 3.26. The molecular formula is C14H24O2. The van der Waals surface area contributed by atoms with E-state index in [0.29, 0.717) is 13.2 Å². The molecule has 0 amide bonds. The highest BCUT2D eigenvalue weighted by Gasteiger charge is 2.36. The van der Waals surface area contributed by atoms with Crippen LogP contribution in [0.25, 0.3) is 0 Å². The first kappa shape index (κ1) is 13.5. The van der Waals surface area contributed by atoms with E-state index in [-0.39, 0.29) is 10.8 Å². The van der Waals surface area contributed by atoms with Crippen molar-refractivity contribution >= 4 is 0 Å².